The van der Waals surface area contributed by atoms with E-state index < -0.39 is 5.97 Å². The van der Waals surface area contributed by atoms with Crippen LogP contribution in [0.3, 0.4) is 0 Å². The monoisotopic (exact) mass is 507 g/mol. The number of hydrogen-bond donors (Lipinski definition) is 1. The number of aromatic carboxylic acids is 1. The number of fused-ring (bicyclic) bond motifs is 2. The van der Waals surface area contributed by atoms with Gasteiger partial charge in [0.15, 0.2) is 5.69 Å². The largest absolute Gasteiger partial charge is 0.491 e. The average molecular weight is 508 g/mol. The van der Waals surface area contributed by atoms with Crippen LogP contribution >= 0.6 is 11.6 Å². The second-order valence-electron chi connectivity index (χ2n) is 9.04. The van der Waals surface area contributed by atoms with E-state index >= 15 is 0 Å². The number of carboxylic acid groups (broad SMARTS) is 1. The summed E-state index contributed by atoms with van der Waals surface area (Å²) < 4.78 is 9.24. The molecule has 186 valence electrons. The van der Waals surface area contributed by atoms with Crippen LogP contribution in [0.4, 0.5) is 0 Å². The zero-order valence-corrected chi connectivity index (χ0v) is 21.0. The number of hydrogen-bond acceptors (Lipinski definition) is 6. The first-order valence-corrected chi connectivity index (χ1v) is 12.0. The molecular formula is C26H26ClN5O4. The van der Waals surface area contributed by atoms with Crippen LogP contribution in [0, 0.1) is 13.8 Å². The van der Waals surface area contributed by atoms with E-state index in [0.29, 0.717) is 46.5 Å². The summed E-state index contributed by atoms with van der Waals surface area (Å²) in [4.78, 5) is 31.6. The molecule has 9 nitrogen and oxygen atoms in total. The van der Waals surface area contributed by atoms with Crippen LogP contribution in [0.1, 0.15) is 33.3 Å². The highest BCUT2D eigenvalue weighted by Gasteiger charge is 2.21. The summed E-state index contributed by atoms with van der Waals surface area (Å²) in [5, 5.41) is 14.4. The lowest BCUT2D eigenvalue weighted by molar-refractivity contribution is 0.0688. The lowest BCUT2D eigenvalue weighted by Gasteiger charge is -2.25. The van der Waals surface area contributed by atoms with Crippen LogP contribution in [0.15, 0.2) is 41.2 Å². The first-order valence-electron chi connectivity index (χ1n) is 11.7. The van der Waals surface area contributed by atoms with Crippen molar-refractivity contribution in [2.45, 2.75) is 33.4 Å². The standard InChI is InChI=1S/C26H26ClN5O4/c1-15-12-18(22-5-6-23(26(34)35)32(22)29-15)19-13-17(27)4-7-24(19)36-11-10-31-16(2)28-21-8-9-30(3)14-20(21)25(31)33/h4-7,12-13H,8-11,14H2,1-3H3,(H,34,35). The predicted octanol–water partition coefficient (Wildman–Crippen LogP) is 3.59. The van der Waals surface area contributed by atoms with Crippen LogP contribution < -0.4 is 10.3 Å². The summed E-state index contributed by atoms with van der Waals surface area (Å²) in [6.07, 6.45) is 0.774. The minimum Gasteiger partial charge on any atom is -0.491 e. The van der Waals surface area contributed by atoms with Gasteiger partial charge < -0.3 is 14.7 Å². The summed E-state index contributed by atoms with van der Waals surface area (Å²) in [5.74, 6) is 0.178. The quantitative estimate of drug-likeness (QED) is 0.425. The van der Waals surface area contributed by atoms with E-state index in [1.54, 1.807) is 35.8 Å². The molecule has 0 saturated carbocycles. The van der Waals surface area contributed by atoms with E-state index in [9.17, 15) is 14.7 Å². The Morgan fingerprint density at radius 3 is 2.75 bits per heavy atom. The Labute approximate surface area is 212 Å². The number of rotatable bonds is 6. The molecule has 10 heteroatoms. The number of aromatic nitrogens is 4. The van der Waals surface area contributed by atoms with Crippen LogP contribution in [-0.4, -0.2) is 55.3 Å². The van der Waals surface area contributed by atoms with Gasteiger partial charge in [0.25, 0.3) is 5.56 Å². The van der Waals surface area contributed by atoms with Crippen molar-refractivity contribution in [2.24, 2.45) is 0 Å². The van der Waals surface area contributed by atoms with Gasteiger partial charge in [-0.25, -0.2) is 14.3 Å². The lowest BCUT2D eigenvalue weighted by atomic mass is 10.0. The molecule has 0 fully saturated rings. The Morgan fingerprint density at radius 1 is 1.17 bits per heavy atom. The highest BCUT2D eigenvalue weighted by atomic mass is 35.5. The molecule has 0 amide bonds. The molecule has 0 unspecified atom stereocenters. The number of halogens is 1. The fourth-order valence-electron chi connectivity index (χ4n) is 4.70. The second-order valence-corrected chi connectivity index (χ2v) is 9.47. The number of ether oxygens (including phenoxy) is 1. The van der Waals surface area contributed by atoms with Gasteiger partial charge in [0.2, 0.25) is 0 Å². The van der Waals surface area contributed by atoms with Gasteiger partial charge in [-0.1, -0.05) is 11.6 Å². The maximum Gasteiger partial charge on any atom is 0.354 e. The van der Waals surface area contributed by atoms with E-state index in [1.165, 1.54) is 10.6 Å². The molecule has 1 aromatic carbocycles. The summed E-state index contributed by atoms with van der Waals surface area (Å²) in [7, 11) is 2.00. The molecule has 0 atom stereocenters. The molecule has 4 heterocycles. The Morgan fingerprint density at radius 2 is 1.97 bits per heavy atom. The van der Waals surface area contributed by atoms with E-state index in [-0.39, 0.29) is 17.9 Å². The predicted molar refractivity (Wildman–Crippen MR) is 136 cm³/mol. The van der Waals surface area contributed by atoms with Gasteiger partial charge in [0.1, 0.15) is 18.2 Å². The van der Waals surface area contributed by atoms with Crippen molar-refractivity contribution in [1.82, 2.24) is 24.1 Å². The smallest absolute Gasteiger partial charge is 0.354 e. The van der Waals surface area contributed by atoms with Crippen molar-refractivity contribution in [2.75, 3.05) is 20.2 Å². The molecule has 36 heavy (non-hydrogen) atoms. The summed E-state index contributed by atoms with van der Waals surface area (Å²) in [6, 6.07) is 10.4. The van der Waals surface area contributed by atoms with Crippen LogP contribution in [0.2, 0.25) is 5.02 Å². The number of likely N-dealkylation sites (N-methyl/N-ethyl adjacent to an activating group) is 1. The van der Waals surface area contributed by atoms with Crippen molar-refractivity contribution >= 4 is 23.1 Å². The normalized spacial score (nSPS) is 13.7. The van der Waals surface area contributed by atoms with Crippen molar-refractivity contribution in [3.05, 3.63) is 80.2 Å². The van der Waals surface area contributed by atoms with Crippen molar-refractivity contribution in [1.29, 1.82) is 0 Å². The molecule has 0 spiro atoms. The zero-order chi connectivity index (χ0) is 25.6. The van der Waals surface area contributed by atoms with Gasteiger partial charge in [0, 0.05) is 35.7 Å². The summed E-state index contributed by atoms with van der Waals surface area (Å²) in [5.41, 5.74) is 4.41. The molecule has 3 aromatic heterocycles. The van der Waals surface area contributed by atoms with Gasteiger partial charge in [-0.05, 0) is 57.3 Å². The van der Waals surface area contributed by atoms with Crippen molar-refractivity contribution in [3.63, 3.8) is 0 Å². The third-order valence-corrected chi connectivity index (χ3v) is 6.70. The lowest BCUT2D eigenvalue weighted by Crippen LogP contribution is -2.37. The summed E-state index contributed by atoms with van der Waals surface area (Å²) in [6.45, 7) is 5.72. The second kappa shape index (κ2) is 9.40. The molecule has 4 aromatic rings. The van der Waals surface area contributed by atoms with E-state index in [1.807, 2.05) is 20.0 Å². The minimum absolute atomic E-state index is 0.0233. The Balaban J connectivity index is 1.47. The number of carbonyl (C=O) groups is 1. The SMILES string of the molecule is Cc1cc(-c2cc(Cl)ccc2OCCn2c(C)nc3c(c2=O)CN(C)CC3)c2ccc(C(=O)O)n2n1. The highest BCUT2D eigenvalue weighted by molar-refractivity contribution is 6.31. The van der Waals surface area contributed by atoms with Gasteiger partial charge in [-0.15, -0.1) is 0 Å². The molecule has 1 aliphatic rings. The molecule has 0 aliphatic carbocycles. The maximum absolute atomic E-state index is 13.2. The van der Waals surface area contributed by atoms with Gasteiger partial charge in [-0.3, -0.25) is 9.36 Å². The maximum atomic E-state index is 13.2. The first-order chi connectivity index (χ1) is 17.2. The first kappa shape index (κ1) is 24.0. The average Bonchev–Trinajstić information content (AvgIpc) is 3.26. The van der Waals surface area contributed by atoms with E-state index in [4.69, 9.17) is 16.3 Å². The minimum atomic E-state index is -1.06. The molecular weight excluding hydrogens is 482 g/mol. The van der Waals surface area contributed by atoms with Crippen LogP contribution in [0.5, 0.6) is 5.75 Å². The number of benzene rings is 1. The molecule has 0 saturated heterocycles. The molecule has 1 N–H and O–H groups in total. The van der Waals surface area contributed by atoms with E-state index in [2.05, 4.69) is 15.0 Å². The topological polar surface area (TPSA) is 102 Å². The Hall–Kier alpha value is -3.69. The van der Waals surface area contributed by atoms with Gasteiger partial charge >= 0.3 is 5.97 Å². The van der Waals surface area contributed by atoms with Gasteiger partial charge in [-0.2, -0.15) is 5.10 Å². The number of nitrogens with zero attached hydrogens (tertiary/aromatic N) is 5. The van der Waals surface area contributed by atoms with Gasteiger partial charge in [0.05, 0.1) is 29.0 Å². The fraction of sp³-hybridized carbons (Fsp3) is 0.308. The molecule has 0 radical (unpaired) electrons. The fourth-order valence-corrected chi connectivity index (χ4v) is 4.88. The number of carboxylic acids is 1. The third-order valence-electron chi connectivity index (χ3n) is 6.46. The molecule has 1 aliphatic heterocycles. The highest BCUT2D eigenvalue weighted by Crippen LogP contribution is 2.36. The van der Waals surface area contributed by atoms with Crippen LogP contribution in [-0.2, 0) is 19.5 Å². The van der Waals surface area contributed by atoms with E-state index in [0.717, 1.165) is 29.8 Å². The number of aryl methyl sites for hydroxylation is 2. The van der Waals surface area contributed by atoms with Crippen LogP contribution in [0.25, 0.3) is 16.6 Å². The third kappa shape index (κ3) is 4.36. The summed E-state index contributed by atoms with van der Waals surface area (Å²) >= 11 is 6.33. The van der Waals surface area contributed by atoms with Crippen molar-refractivity contribution in [3.8, 4) is 16.9 Å². The zero-order valence-electron chi connectivity index (χ0n) is 20.3. The van der Waals surface area contributed by atoms with Crippen molar-refractivity contribution < 1.29 is 14.6 Å². The molecule has 0 bridgehead atoms. The Bertz CT molecular complexity index is 1560. The molecule has 5 rings (SSSR count). The Kier molecular flexibility index (Phi) is 6.27.